The van der Waals surface area contributed by atoms with Gasteiger partial charge in [0.25, 0.3) is 0 Å². The number of benzene rings is 1. The van der Waals surface area contributed by atoms with Gasteiger partial charge in [-0.1, -0.05) is 11.6 Å². The van der Waals surface area contributed by atoms with Crippen LogP contribution >= 0.6 is 22.9 Å². The first-order valence-electron chi connectivity index (χ1n) is 6.85. The van der Waals surface area contributed by atoms with E-state index < -0.39 is 0 Å². The van der Waals surface area contributed by atoms with Gasteiger partial charge in [-0.15, -0.1) is 11.3 Å². The normalized spacial score (nSPS) is 14.7. The SMILES string of the molecule is CN=c1scc(-c2cc(Cl)cc3c2OCCN3C(C)=O)n1C. The third-order valence-corrected chi connectivity index (χ3v) is 4.88. The lowest BCUT2D eigenvalue weighted by atomic mass is 10.1. The number of rotatable bonds is 1. The summed E-state index contributed by atoms with van der Waals surface area (Å²) in [7, 11) is 3.71. The Morgan fingerprint density at radius 2 is 2.23 bits per heavy atom. The van der Waals surface area contributed by atoms with Gasteiger partial charge in [0.15, 0.2) is 10.6 Å². The van der Waals surface area contributed by atoms with Gasteiger partial charge in [-0.05, 0) is 12.1 Å². The smallest absolute Gasteiger partial charge is 0.224 e. The van der Waals surface area contributed by atoms with Crippen molar-refractivity contribution in [2.24, 2.45) is 12.0 Å². The molecule has 3 rings (SSSR count). The molecule has 1 aromatic carbocycles. The highest BCUT2D eigenvalue weighted by molar-refractivity contribution is 7.07. The Hall–Kier alpha value is -1.79. The number of halogens is 1. The molecule has 0 aliphatic carbocycles. The molecule has 1 aliphatic rings. The van der Waals surface area contributed by atoms with Crippen LogP contribution in [0.5, 0.6) is 5.75 Å². The minimum absolute atomic E-state index is 0.0169. The van der Waals surface area contributed by atoms with E-state index in [9.17, 15) is 4.79 Å². The fraction of sp³-hybridized carbons (Fsp3) is 0.333. The Balaban J connectivity index is 2.25. The van der Waals surface area contributed by atoms with E-state index in [0.29, 0.717) is 23.9 Å². The molecule has 0 N–H and O–H groups in total. The van der Waals surface area contributed by atoms with Gasteiger partial charge in [0.05, 0.1) is 17.9 Å². The lowest BCUT2D eigenvalue weighted by Gasteiger charge is -2.30. The summed E-state index contributed by atoms with van der Waals surface area (Å²) in [5, 5.41) is 2.59. The van der Waals surface area contributed by atoms with Crippen LogP contribution in [0.15, 0.2) is 22.5 Å². The van der Waals surface area contributed by atoms with Crippen molar-refractivity contribution in [3.63, 3.8) is 0 Å². The molecule has 1 amide bonds. The van der Waals surface area contributed by atoms with Gasteiger partial charge in [0.1, 0.15) is 6.61 Å². The summed E-state index contributed by atoms with van der Waals surface area (Å²) in [6.07, 6.45) is 0. The van der Waals surface area contributed by atoms with Gasteiger partial charge in [0.2, 0.25) is 5.91 Å². The Kier molecular flexibility index (Phi) is 3.97. The van der Waals surface area contributed by atoms with E-state index in [-0.39, 0.29) is 5.91 Å². The molecule has 0 radical (unpaired) electrons. The number of amides is 1. The average molecular weight is 338 g/mol. The van der Waals surface area contributed by atoms with Crippen molar-refractivity contribution in [2.45, 2.75) is 6.92 Å². The topological polar surface area (TPSA) is 46.8 Å². The van der Waals surface area contributed by atoms with Crippen LogP contribution in [0.1, 0.15) is 6.92 Å². The first-order chi connectivity index (χ1) is 10.5. The third kappa shape index (κ3) is 2.42. The van der Waals surface area contributed by atoms with Gasteiger partial charge >= 0.3 is 0 Å². The average Bonchev–Trinajstić information content (AvgIpc) is 2.86. The number of fused-ring (bicyclic) bond motifs is 1. The van der Waals surface area contributed by atoms with E-state index in [0.717, 1.165) is 21.7 Å². The van der Waals surface area contributed by atoms with E-state index in [1.165, 1.54) is 0 Å². The standard InChI is InChI=1S/C15H16ClN3O2S/c1-9(20)19-4-5-21-14-11(6-10(16)7-12(14)19)13-8-22-15(17-2)18(13)3/h6-8H,4-5H2,1-3H3. The van der Waals surface area contributed by atoms with Crippen LogP contribution in [0.25, 0.3) is 11.3 Å². The molecular formula is C15H16ClN3O2S. The van der Waals surface area contributed by atoms with Crippen molar-refractivity contribution < 1.29 is 9.53 Å². The van der Waals surface area contributed by atoms with Crippen LogP contribution in [-0.2, 0) is 11.8 Å². The predicted octanol–water partition coefficient (Wildman–Crippen LogP) is 2.68. The van der Waals surface area contributed by atoms with Crippen LogP contribution in [0, 0.1) is 0 Å². The zero-order chi connectivity index (χ0) is 15.9. The molecule has 0 fully saturated rings. The van der Waals surface area contributed by atoms with Crippen LogP contribution in [-0.4, -0.2) is 30.7 Å². The first-order valence-corrected chi connectivity index (χ1v) is 8.11. The minimum atomic E-state index is -0.0169. The zero-order valence-corrected chi connectivity index (χ0v) is 14.2. The number of ether oxygens (including phenoxy) is 1. The lowest BCUT2D eigenvalue weighted by molar-refractivity contribution is -0.116. The number of nitrogens with zero attached hydrogens (tertiary/aromatic N) is 3. The molecular weight excluding hydrogens is 322 g/mol. The number of thiazole rings is 1. The second kappa shape index (κ2) is 5.78. The summed E-state index contributed by atoms with van der Waals surface area (Å²) >= 11 is 7.82. The Labute approximate surface area is 137 Å². The Morgan fingerprint density at radius 3 is 2.86 bits per heavy atom. The summed E-state index contributed by atoms with van der Waals surface area (Å²) in [5.41, 5.74) is 2.57. The molecule has 1 aromatic heterocycles. The second-order valence-corrected chi connectivity index (χ2v) is 6.28. The summed E-state index contributed by atoms with van der Waals surface area (Å²) in [6.45, 7) is 2.56. The molecule has 0 bridgehead atoms. The van der Waals surface area contributed by atoms with Gasteiger partial charge < -0.3 is 14.2 Å². The number of aromatic nitrogens is 1. The predicted molar refractivity (Wildman–Crippen MR) is 88.7 cm³/mol. The minimum Gasteiger partial charge on any atom is -0.489 e. The molecule has 0 spiro atoms. The molecule has 0 atom stereocenters. The maximum Gasteiger partial charge on any atom is 0.224 e. The largest absolute Gasteiger partial charge is 0.489 e. The first kappa shape index (κ1) is 15.1. The molecule has 5 nitrogen and oxygen atoms in total. The molecule has 0 unspecified atom stereocenters. The number of hydrogen-bond acceptors (Lipinski definition) is 4. The molecule has 0 saturated carbocycles. The van der Waals surface area contributed by atoms with E-state index in [2.05, 4.69) is 4.99 Å². The van der Waals surface area contributed by atoms with Crippen molar-refractivity contribution in [3.8, 4) is 17.0 Å². The fourth-order valence-electron chi connectivity index (χ4n) is 2.62. The lowest BCUT2D eigenvalue weighted by Crippen LogP contribution is -2.36. The van der Waals surface area contributed by atoms with E-state index in [1.54, 1.807) is 36.3 Å². The number of anilines is 1. The summed E-state index contributed by atoms with van der Waals surface area (Å²) in [4.78, 5) is 18.7. The van der Waals surface area contributed by atoms with Crippen LogP contribution in [0.2, 0.25) is 5.02 Å². The molecule has 1 aliphatic heterocycles. The molecule has 22 heavy (non-hydrogen) atoms. The van der Waals surface area contributed by atoms with E-state index in [1.807, 2.05) is 23.1 Å². The van der Waals surface area contributed by atoms with E-state index >= 15 is 0 Å². The van der Waals surface area contributed by atoms with Crippen molar-refractivity contribution in [1.29, 1.82) is 0 Å². The number of carbonyl (C=O) groups excluding carboxylic acids is 1. The Bertz CT molecular complexity index is 810. The zero-order valence-electron chi connectivity index (χ0n) is 12.6. The fourth-order valence-corrected chi connectivity index (χ4v) is 3.70. The summed E-state index contributed by atoms with van der Waals surface area (Å²) < 4.78 is 7.84. The second-order valence-electron chi connectivity index (χ2n) is 5.01. The molecule has 0 saturated heterocycles. The molecule has 7 heteroatoms. The Morgan fingerprint density at radius 1 is 1.45 bits per heavy atom. The quantitative estimate of drug-likeness (QED) is 0.803. The highest BCUT2D eigenvalue weighted by Crippen LogP contribution is 2.43. The summed E-state index contributed by atoms with van der Waals surface area (Å²) in [6, 6.07) is 3.64. The van der Waals surface area contributed by atoms with Crippen LogP contribution in [0.4, 0.5) is 5.69 Å². The van der Waals surface area contributed by atoms with Crippen molar-refractivity contribution in [3.05, 3.63) is 27.3 Å². The number of hydrogen-bond donors (Lipinski definition) is 0. The maximum atomic E-state index is 11.8. The maximum absolute atomic E-state index is 11.8. The third-order valence-electron chi connectivity index (χ3n) is 3.66. The van der Waals surface area contributed by atoms with Gasteiger partial charge in [-0.2, -0.15) is 0 Å². The molecule has 2 aromatic rings. The van der Waals surface area contributed by atoms with E-state index in [4.69, 9.17) is 16.3 Å². The summed E-state index contributed by atoms with van der Waals surface area (Å²) in [5.74, 6) is 0.679. The van der Waals surface area contributed by atoms with Crippen LogP contribution in [0.3, 0.4) is 0 Å². The van der Waals surface area contributed by atoms with Gasteiger partial charge in [0, 0.05) is 37.0 Å². The highest BCUT2D eigenvalue weighted by Gasteiger charge is 2.26. The molecule has 116 valence electrons. The highest BCUT2D eigenvalue weighted by atomic mass is 35.5. The van der Waals surface area contributed by atoms with Crippen molar-refractivity contribution in [2.75, 3.05) is 25.1 Å². The van der Waals surface area contributed by atoms with Crippen molar-refractivity contribution >= 4 is 34.5 Å². The van der Waals surface area contributed by atoms with Crippen LogP contribution < -0.4 is 14.4 Å². The van der Waals surface area contributed by atoms with Gasteiger partial charge in [-0.3, -0.25) is 9.79 Å². The van der Waals surface area contributed by atoms with Gasteiger partial charge in [-0.25, -0.2) is 0 Å². The number of carbonyl (C=O) groups is 1. The monoisotopic (exact) mass is 337 g/mol. The van der Waals surface area contributed by atoms with Crippen molar-refractivity contribution in [1.82, 2.24) is 4.57 Å². The molecule has 2 heterocycles.